The van der Waals surface area contributed by atoms with Crippen molar-refractivity contribution in [3.8, 4) is 0 Å². The molecule has 0 aromatic carbocycles. The molecule has 4 N–H and O–H groups in total. The van der Waals surface area contributed by atoms with E-state index in [1.807, 2.05) is 0 Å². The third-order valence-electron chi connectivity index (χ3n) is 1.06. The second-order valence-electron chi connectivity index (χ2n) is 1.78. The smallest absolute Gasteiger partial charge is 0.346 e. The average Bonchev–Trinajstić information content (AvgIpc) is 1.95. The summed E-state index contributed by atoms with van der Waals surface area (Å²) in [6, 6.07) is 0. The van der Waals surface area contributed by atoms with Crippen LogP contribution in [0.5, 0.6) is 0 Å². The maximum Gasteiger partial charge on any atom is 0.346 e. The lowest BCUT2D eigenvalue weighted by Gasteiger charge is -1.99. The Kier molecular flexibility index (Phi) is 1.86. The van der Waals surface area contributed by atoms with Crippen molar-refractivity contribution in [1.82, 2.24) is 9.97 Å². The standard InChI is InChI=1S/C5H6N4O2/c6-4-3(8-2-10)1-7-5(11)9-4/h1-2H,(H,8,10)(H3,6,7,9,11). The summed E-state index contributed by atoms with van der Waals surface area (Å²) < 4.78 is 0. The van der Waals surface area contributed by atoms with Crippen LogP contribution in [0, 0.1) is 0 Å². The summed E-state index contributed by atoms with van der Waals surface area (Å²) in [4.78, 5) is 26.0. The first-order valence-electron chi connectivity index (χ1n) is 2.79. The minimum absolute atomic E-state index is 0.0945. The molecule has 0 spiro atoms. The molecule has 1 aromatic heterocycles. The van der Waals surface area contributed by atoms with Crippen LogP contribution in [-0.4, -0.2) is 16.4 Å². The Morgan fingerprint density at radius 2 is 2.45 bits per heavy atom. The third-order valence-corrected chi connectivity index (χ3v) is 1.06. The molecule has 0 bridgehead atoms. The number of nitrogens with one attached hydrogen (secondary N) is 2. The maximum atomic E-state index is 10.5. The monoisotopic (exact) mass is 154 g/mol. The summed E-state index contributed by atoms with van der Waals surface area (Å²) >= 11 is 0. The highest BCUT2D eigenvalue weighted by atomic mass is 16.1. The number of nitrogens with two attached hydrogens (primary N) is 1. The zero-order chi connectivity index (χ0) is 8.27. The van der Waals surface area contributed by atoms with Gasteiger partial charge in [-0.1, -0.05) is 0 Å². The van der Waals surface area contributed by atoms with Crippen LogP contribution in [0.1, 0.15) is 0 Å². The van der Waals surface area contributed by atoms with Gasteiger partial charge in [-0.2, -0.15) is 4.98 Å². The van der Waals surface area contributed by atoms with E-state index >= 15 is 0 Å². The van der Waals surface area contributed by atoms with Crippen molar-refractivity contribution < 1.29 is 4.79 Å². The number of amides is 1. The molecule has 6 nitrogen and oxygen atoms in total. The van der Waals surface area contributed by atoms with Gasteiger partial charge in [0.05, 0.1) is 6.20 Å². The van der Waals surface area contributed by atoms with Gasteiger partial charge >= 0.3 is 5.69 Å². The maximum absolute atomic E-state index is 10.5. The molecule has 0 saturated carbocycles. The highest BCUT2D eigenvalue weighted by molar-refractivity contribution is 5.76. The molecule has 0 atom stereocenters. The molecule has 1 heterocycles. The molecule has 1 amide bonds. The first-order valence-corrected chi connectivity index (χ1v) is 2.79. The van der Waals surface area contributed by atoms with Gasteiger partial charge in [0, 0.05) is 0 Å². The van der Waals surface area contributed by atoms with Crippen LogP contribution in [0.15, 0.2) is 11.0 Å². The van der Waals surface area contributed by atoms with E-state index in [9.17, 15) is 9.59 Å². The highest BCUT2D eigenvalue weighted by Gasteiger charge is 1.96. The molecular formula is C5H6N4O2. The van der Waals surface area contributed by atoms with E-state index in [0.717, 1.165) is 0 Å². The summed E-state index contributed by atoms with van der Waals surface area (Å²) in [6.45, 7) is 0. The number of rotatable bonds is 2. The Bertz CT molecular complexity index is 319. The number of aromatic nitrogens is 2. The van der Waals surface area contributed by atoms with Gasteiger partial charge in [0.2, 0.25) is 6.41 Å². The van der Waals surface area contributed by atoms with Crippen molar-refractivity contribution in [2.45, 2.75) is 0 Å². The largest absolute Gasteiger partial charge is 0.383 e. The highest BCUT2D eigenvalue weighted by Crippen LogP contribution is 2.08. The van der Waals surface area contributed by atoms with Crippen molar-refractivity contribution >= 4 is 17.9 Å². The van der Waals surface area contributed by atoms with Gasteiger partial charge in [0.1, 0.15) is 11.5 Å². The Morgan fingerprint density at radius 3 is 3.00 bits per heavy atom. The van der Waals surface area contributed by atoms with Crippen LogP contribution in [0.25, 0.3) is 0 Å². The second-order valence-corrected chi connectivity index (χ2v) is 1.78. The number of hydrogen-bond donors (Lipinski definition) is 3. The Hall–Kier alpha value is -1.85. The number of nitrogen functional groups attached to an aromatic ring is 1. The van der Waals surface area contributed by atoms with E-state index in [2.05, 4.69) is 15.3 Å². The molecule has 1 aromatic rings. The molecule has 0 aliphatic rings. The Balaban J connectivity index is 3.08. The quantitative estimate of drug-likeness (QED) is 0.471. The summed E-state index contributed by atoms with van der Waals surface area (Å²) in [5.74, 6) is 0.0945. The molecule has 11 heavy (non-hydrogen) atoms. The normalized spacial score (nSPS) is 9.09. The molecule has 0 aliphatic carbocycles. The summed E-state index contributed by atoms with van der Waals surface area (Å²) in [6.07, 6.45) is 1.63. The molecule has 0 radical (unpaired) electrons. The third kappa shape index (κ3) is 1.54. The number of carbonyl (C=O) groups excluding carboxylic acids is 1. The predicted molar refractivity (Wildman–Crippen MR) is 39.0 cm³/mol. The van der Waals surface area contributed by atoms with Crippen LogP contribution in [0.4, 0.5) is 11.5 Å². The van der Waals surface area contributed by atoms with Crippen LogP contribution >= 0.6 is 0 Å². The average molecular weight is 154 g/mol. The van der Waals surface area contributed by atoms with Crippen LogP contribution in [0.2, 0.25) is 0 Å². The van der Waals surface area contributed by atoms with Crippen LogP contribution in [0.3, 0.4) is 0 Å². The van der Waals surface area contributed by atoms with Crippen LogP contribution < -0.4 is 16.7 Å². The number of carbonyl (C=O) groups is 1. The van der Waals surface area contributed by atoms with E-state index < -0.39 is 5.69 Å². The second kappa shape index (κ2) is 2.82. The number of hydrogen-bond acceptors (Lipinski definition) is 4. The first kappa shape index (κ1) is 7.26. The molecule has 1 rings (SSSR count). The van der Waals surface area contributed by atoms with E-state index in [4.69, 9.17) is 5.73 Å². The van der Waals surface area contributed by atoms with Gasteiger partial charge < -0.3 is 11.1 Å². The lowest BCUT2D eigenvalue weighted by Crippen LogP contribution is -2.14. The van der Waals surface area contributed by atoms with Crippen molar-refractivity contribution in [3.05, 3.63) is 16.7 Å². The fourth-order valence-electron chi connectivity index (χ4n) is 0.586. The molecular weight excluding hydrogens is 148 g/mol. The summed E-state index contributed by atoms with van der Waals surface area (Å²) in [5, 5.41) is 2.26. The predicted octanol–water partition coefficient (Wildman–Crippen LogP) is -1.08. The van der Waals surface area contributed by atoms with Crippen molar-refractivity contribution in [2.24, 2.45) is 0 Å². The Labute approximate surface area is 61.4 Å². The first-order chi connectivity index (χ1) is 5.24. The molecule has 0 unspecified atom stereocenters. The molecule has 0 saturated heterocycles. The number of anilines is 2. The van der Waals surface area contributed by atoms with Gasteiger partial charge in [-0.05, 0) is 0 Å². The lowest BCUT2D eigenvalue weighted by molar-refractivity contribution is -0.105. The molecule has 0 aliphatic heterocycles. The van der Waals surface area contributed by atoms with Gasteiger partial charge in [-0.3, -0.25) is 9.78 Å². The minimum atomic E-state index is -0.543. The van der Waals surface area contributed by atoms with Gasteiger partial charge in [0.25, 0.3) is 0 Å². The van der Waals surface area contributed by atoms with Crippen molar-refractivity contribution in [2.75, 3.05) is 11.1 Å². The zero-order valence-electron chi connectivity index (χ0n) is 5.50. The van der Waals surface area contributed by atoms with E-state index in [1.165, 1.54) is 6.20 Å². The van der Waals surface area contributed by atoms with E-state index in [1.54, 1.807) is 0 Å². The lowest BCUT2D eigenvalue weighted by atomic mass is 10.5. The number of aromatic amines is 1. The molecule has 0 fully saturated rings. The zero-order valence-corrected chi connectivity index (χ0v) is 5.50. The SMILES string of the molecule is Nc1[nH]c(=O)ncc1NC=O. The van der Waals surface area contributed by atoms with Gasteiger partial charge in [-0.25, -0.2) is 4.79 Å². The fraction of sp³-hybridized carbons (Fsp3) is 0. The summed E-state index contributed by atoms with van der Waals surface area (Å²) in [7, 11) is 0. The van der Waals surface area contributed by atoms with Crippen molar-refractivity contribution in [3.63, 3.8) is 0 Å². The topological polar surface area (TPSA) is 101 Å². The number of H-pyrrole nitrogens is 1. The van der Waals surface area contributed by atoms with Crippen LogP contribution in [-0.2, 0) is 4.79 Å². The molecule has 58 valence electrons. The van der Waals surface area contributed by atoms with Gasteiger partial charge in [-0.15, -0.1) is 0 Å². The van der Waals surface area contributed by atoms with E-state index in [0.29, 0.717) is 12.1 Å². The van der Waals surface area contributed by atoms with Gasteiger partial charge in [0.15, 0.2) is 0 Å². The van der Waals surface area contributed by atoms with Crippen molar-refractivity contribution in [1.29, 1.82) is 0 Å². The summed E-state index contributed by atoms with van der Waals surface area (Å²) in [5.41, 5.74) is 5.04. The molecule has 6 heteroatoms. The van der Waals surface area contributed by atoms with E-state index in [-0.39, 0.29) is 5.82 Å². The Morgan fingerprint density at radius 1 is 1.73 bits per heavy atom. The number of nitrogens with zero attached hydrogens (tertiary/aromatic N) is 1. The minimum Gasteiger partial charge on any atom is -0.383 e. The fourth-order valence-corrected chi connectivity index (χ4v) is 0.586.